The zero-order chi connectivity index (χ0) is 10.4. The molecule has 0 saturated carbocycles. The van der Waals surface area contributed by atoms with E-state index in [-0.39, 0.29) is 0 Å². The quantitative estimate of drug-likeness (QED) is 0.549. The van der Waals surface area contributed by atoms with Gasteiger partial charge in [-0.2, -0.15) is 0 Å². The van der Waals surface area contributed by atoms with Crippen molar-refractivity contribution in [2.45, 2.75) is 20.3 Å². The van der Waals surface area contributed by atoms with E-state index in [0.29, 0.717) is 5.92 Å². The molecule has 1 aromatic rings. The molecule has 4 heteroatoms. The fourth-order valence-corrected chi connectivity index (χ4v) is 1.10. The van der Waals surface area contributed by atoms with Crippen LogP contribution in [0.4, 0.5) is 0 Å². The summed E-state index contributed by atoms with van der Waals surface area (Å²) in [5.74, 6) is 1.64. The molecule has 4 nitrogen and oxygen atoms in total. The SMILES string of the molecule is CC(C)CONCCc1nccn1C. The summed E-state index contributed by atoms with van der Waals surface area (Å²) in [5, 5.41) is 0. The Bertz CT molecular complexity index is 258. The van der Waals surface area contributed by atoms with Gasteiger partial charge >= 0.3 is 0 Å². The molecule has 0 saturated heterocycles. The number of aromatic nitrogens is 2. The van der Waals surface area contributed by atoms with Crippen molar-refractivity contribution in [3.63, 3.8) is 0 Å². The summed E-state index contributed by atoms with van der Waals surface area (Å²) in [5.41, 5.74) is 2.93. The Morgan fingerprint density at radius 1 is 1.57 bits per heavy atom. The van der Waals surface area contributed by atoms with E-state index in [9.17, 15) is 0 Å². The van der Waals surface area contributed by atoms with E-state index < -0.39 is 0 Å². The van der Waals surface area contributed by atoms with Crippen LogP contribution in [0.1, 0.15) is 19.7 Å². The maximum atomic E-state index is 5.25. The van der Waals surface area contributed by atoms with Gasteiger partial charge in [0.15, 0.2) is 0 Å². The van der Waals surface area contributed by atoms with Crippen LogP contribution in [-0.2, 0) is 18.3 Å². The minimum atomic E-state index is 0.565. The van der Waals surface area contributed by atoms with Gasteiger partial charge < -0.3 is 9.40 Å². The molecule has 80 valence electrons. The third-order valence-corrected chi connectivity index (χ3v) is 1.89. The lowest BCUT2D eigenvalue weighted by atomic mass is 10.2. The molecule has 0 amide bonds. The van der Waals surface area contributed by atoms with Crippen molar-refractivity contribution in [2.75, 3.05) is 13.2 Å². The maximum absolute atomic E-state index is 5.25. The van der Waals surface area contributed by atoms with Gasteiger partial charge in [0.1, 0.15) is 5.82 Å². The second kappa shape index (κ2) is 5.78. The molecule has 0 bridgehead atoms. The van der Waals surface area contributed by atoms with E-state index in [2.05, 4.69) is 24.3 Å². The monoisotopic (exact) mass is 197 g/mol. The molecule has 14 heavy (non-hydrogen) atoms. The number of nitrogens with one attached hydrogen (secondary N) is 1. The lowest BCUT2D eigenvalue weighted by Gasteiger charge is -2.07. The van der Waals surface area contributed by atoms with Gasteiger partial charge in [-0.15, -0.1) is 0 Å². The lowest BCUT2D eigenvalue weighted by molar-refractivity contribution is 0.0243. The molecule has 0 aliphatic heterocycles. The molecule has 0 aromatic carbocycles. The van der Waals surface area contributed by atoms with Crippen LogP contribution in [0.5, 0.6) is 0 Å². The average molecular weight is 197 g/mol. The fraction of sp³-hybridized carbons (Fsp3) is 0.700. The Morgan fingerprint density at radius 3 is 2.93 bits per heavy atom. The van der Waals surface area contributed by atoms with E-state index in [1.807, 2.05) is 24.0 Å². The summed E-state index contributed by atoms with van der Waals surface area (Å²) >= 11 is 0. The number of hydroxylamine groups is 1. The van der Waals surface area contributed by atoms with Crippen molar-refractivity contribution in [3.05, 3.63) is 18.2 Å². The highest BCUT2D eigenvalue weighted by Crippen LogP contribution is 1.94. The van der Waals surface area contributed by atoms with Crippen molar-refractivity contribution in [3.8, 4) is 0 Å². The second-order valence-corrected chi connectivity index (χ2v) is 3.80. The third kappa shape index (κ3) is 3.89. The van der Waals surface area contributed by atoms with E-state index in [4.69, 9.17) is 4.84 Å². The lowest BCUT2D eigenvalue weighted by Crippen LogP contribution is -2.21. The molecule has 0 atom stereocenters. The normalized spacial score (nSPS) is 11.1. The van der Waals surface area contributed by atoms with Crippen LogP contribution in [0.25, 0.3) is 0 Å². The van der Waals surface area contributed by atoms with Crippen LogP contribution in [0.3, 0.4) is 0 Å². The summed E-state index contributed by atoms with van der Waals surface area (Å²) in [6, 6.07) is 0. The molecule has 1 N–H and O–H groups in total. The Kier molecular flexibility index (Phi) is 4.62. The Balaban J connectivity index is 2.08. The molecule has 0 radical (unpaired) electrons. The number of rotatable bonds is 6. The van der Waals surface area contributed by atoms with Crippen molar-refractivity contribution >= 4 is 0 Å². The topological polar surface area (TPSA) is 39.1 Å². The zero-order valence-electron chi connectivity index (χ0n) is 9.16. The Labute approximate surface area is 85.2 Å². The first-order valence-electron chi connectivity index (χ1n) is 5.01. The highest BCUT2D eigenvalue weighted by molar-refractivity contribution is 4.91. The van der Waals surface area contributed by atoms with Gasteiger partial charge in [-0.3, -0.25) is 0 Å². The van der Waals surface area contributed by atoms with E-state index >= 15 is 0 Å². The van der Waals surface area contributed by atoms with Gasteiger partial charge in [0, 0.05) is 32.4 Å². The smallest absolute Gasteiger partial charge is 0.109 e. The van der Waals surface area contributed by atoms with E-state index in [1.165, 1.54) is 0 Å². The summed E-state index contributed by atoms with van der Waals surface area (Å²) < 4.78 is 2.02. The largest absolute Gasteiger partial charge is 0.338 e. The van der Waals surface area contributed by atoms with Gasteiger partial charge in [0.25, 0.3) is 0 Å². The molecular formula is C10H19N3O. The summed E-state index contributed by atoms with van der Waals surface area (Å²) in [6.07, 6.45) is 4.65. The number of nitrogens with zero attached hydrogens (tertiary/aromatic N) is 2. The van der Waals surface area contributed by atoms with Crippen molar-refractivity contribution in [1.29, 1.82) is 0 Å². The van der Waals surface area contributed by atoms with Gasteiger partial charge in [0.05, 0.1) is 6.61 Å². The number of aryl methyl sites for hydroxylation is 1. The average Bonchev–Trinajstić information content (AvgIpc) is 2.51. The summed E-state index contributed by atoms with van der Waals surface area (Å²) in [6.45, 7) is 5.80. The highest BCUT2D eigenvalue weighted by atomic mass is 16.6. The first-order valence-corrected chi connectivity index (χ1v) is 5.01. The highest BCUT2D eigenvalue weighted by Gasteiger charge is 1.98. The summed E-state index contributed by atoms with van der Waals surface area (Å²) in [4.78, 5) is 9.46. The van der Waals surface area contributed by atoms with Crippen LogP contribution >= 0.6 is 0 Å². The van der Waals surface area contributed by atoms with Crippen LogP contribution in [-0.4, -0.2) is 22.7 Å². The molecule has 1 aromatic heterocycles. The maximum Gasteiger partial charge on any atom is 0.109 e. The zero-order valence-corrected chi connectivity index (χ0v) is 9.16. The predicted molar refractivity (Wildman–Crippen MR) is 55.7 cm³/mol. The molecule has 0 aliphatic carbocycles. The number of imidazole rings is 1. The molecule has 0 fully saturated rings. The molecular weight excluding hydrogens is 178 g/mol. The fourth-order valence-electron chi connectivity index (χ4n) is 1.10. The molecule has 0 unspecified atom stereocenters. The van der Waals surface area contributed by atoms with Crippen LogP contribution < -0.4 is 5.48 Å². The van der Waals surface area contributed by atoms with Gasteiger partial charge in [-0.05, 0) is 5.92 Å². The number of hydrogen-bond donors (Lipinski definition) is 1. The first-order chi connectivity index (χ1) is 6.70. The Hall–Kier alpha value is -0.870. The molecule has 1 heterocycles. The van der Waals surface area contributed by atoms with Crippen LogP contribution in [0.15, 0.2) is 12.4 Å². The van der Waals surface area contributed by atoms with Crippen molar-refractivity contribution in [2.24, 2.45) is 13.0 Å². The molecule has 1 rings (SSSR count). The predicted octanol–water partition coefficient (Wildman–Crippen LogP) is 1.14. The van der Waals surface area contributed by atoms with Crippen LogP contribution in [0.2, 0.25) is 0 Å². The van der Waals surface area contributed by atoms with E-state index in [0.717, 1.165) is 25.4 Å². The molecule has 0 aliphatic rings. The van der Waals surface area contributed by atoms with Gasteiger partial charge in [-0.1, -0.05) is 13.8 Å². The second-order valence-electron chi connectivity index (χ2n) is 3.80. The van der Waals surface area contributed by atoms with Gasteiger partial charge in [-0.25, -0.2) is 10.5 Å². The Morgan fingerprint density at radius 2 is 2.36 bits per heavy atom. The minimum Gasteiger partial charge on any atom is -0.338 e. The number of hydrogen-bond acceptors (Lipinski definition) is 3. The first kappa shape index (κ1) is 11.2. The molecule has 0 spiro atoms. The van der Waals surface area contributed by atoms with Crippen molar-refractivity contribution in [1.82, 2.24) is 15.0 Å². The van der Waals surface area contributed by atoms with E-state index in [1.54, 1.807) is 0 Å². The van der Waals surface area contributed by atoms with Gasteiger partial charge in [0.2, 0.25) is 0 Å². The van der Waals surface area contributed by atoms with Crippen LogP contribution in [0, 0.1) is 5.92 Å². The minimum absolute atomic E-state index is 0.565. The third-order valence-electron chi connectivity index (χ3n) is 1.89. The van der Waals surface area contributed by atoms with Crippen molar-refractivity contribution < 1.29 is 4.84 Å². The summed E-state index contributed by atoms with van der Waals surface area (Å²) in [7, 11) is 2.00. The standard InChI is InChI=1S/C10H19N3O/c1-9(2)8-14-12-5-4-10-11-6-7-13(10)3/h6-7,9,12H,4-5,8H2,1-3H3.